The molecular weight excluding hydrogens is 196 g/mol. The first kappa shape index (κ1) is 11.1. The van der Waals surface area contributed by atoms with Crippen molar-refractivity contribution in [2.45, 2.75) is 26.8 Å². The normalized spacial score (nSPS) is 13.9. The zero-order chi connectivity index (χ0) is 11.3. The third kappa shape index (κ3) is 2.49. The first-order chi connectivity index (χ1) is 7.12. The Morgan fingerprint density at radius 3 is 2.93 bits per heavy atom. The molecule has 0 spiro atoms. The van der Waals surface area contributed by atoms with Crippen LogP contribution in [0.1, 0.15) is 26.1 Å². The molecule has 0 fully saturated rings. The van der Waals surface area contributed by atoms with E-state index in [0.29, 0.717) is 12.2 Å². The van der Waals surface area contributed by atoms with Crippen molar-refractivity contribution in [3.05, 3.63) is 5.82 Å². The highest BCUT2D eigenvalue weighted by molar-refractivity contribution is 5.84. The van der Waals surface area contributed by atoms with Crippen LogP contribution in [-0.2, 0) is 11.3 Å². The molecular formula is C8H12N6O. The van der Waals surface area contributed by atoms with Crippen molar-refractivity contribution in [3.8, 4) is 6.07 Å². The third-order valence-corrected chi connectivity index (χ3v) is 2.25. The van der Waals surface area contributed by atoms with Gasteiger partial charge in [-0.05, 0) is 13.3 Å². The molecule has 0 aliphatic rings. The maximum absolute atomic E-state index is 11.6. The molecule has 15 heavy (non-hydrogen) atoms. The summed E-state index contributed by atoms with van der Waals surface area (Å²) >= 11 is 0. The van der Waals surface area contributed by atoms with Gasteiger partial charge in [-0.15, -0.1) is 10.2 Å². The van der Waals surface area contributed by atoms with E-state index in [4.69, 9.17) is 5.26 Å². The van der Waals surface area contributed by atoms with Crippen LogP contribution in [0, 0.1) is 16.7 Å². The lowest BCUT2D eigenvalue weighted by Gasteiger charge is -2.17. The van der Waals surface area contributed by atoms with E-state index >= 15 is 0 Å². The van der Waals surface area contributed by atoms with Gasteiger partial charge in [-0.2, -0.15) is 10.5 Å². The minimum Gasteiger partial charge on any atom is -0.347 e. The number of hydrogen-bond acceptors (Lipinski definition) is 5. The lowest BCUT2D eigenvalue weighted by molar-refractivity contribution is -0.127. The third-order valence-electron chi connectivity index (χ3n) is 2.25. The summed E-state index contributed by atoms with van der Waals surface area (Å²) in [5, 5.41) is 24.4. The highest BCUT2D eigenvalue weighted by Crippen LogP contribution is 2.19. The Morgan fingerprint density at radius 2 is 2.47 bits per heavy atom. The van der Waals surface area contributed by atoms with E-state index in [9.17, 15) is 4.79 Å². The van der Waals surface area contributed by atoms with Gasteiger partial charge >= 0.3 is 0 Å². The van der Waals surface area contributed by atoms with Crippen molar-refractivity contribution >= 4 is 5.91 Å². The van der Waals surface area contributed by atoms with Gasteiger partial charge in [0.25, 0.3) is 0 Å². The maximum Gasteiger partial charge on any atom is 0.240 e. The van der Waals surface area contributed by atoms with E-state index in [1.165, 1.54) is 0 Å². The molecule has 1 aromatic rings. The zero-order valence-electron chi connectivity index (χ0n) is 8.61. The van der Waals surface area contributed by atoms with Crippen LogP contribution in [0.5, 0.6) is 0 Å². The summed E-state index contributed by atoms with van der Waals surface area (Å²) in [5.74, 6) is 0.0667. The molecule has 0 saturated heterocycles. The Balaban J connectivity index is 2.53. The number of tetrazole rings is 1. The van der Waals surface area contributed by atoms with E-state index < -0.39 is 5.41 Å². The Hall–Kier alpha value is -1.97. The Morgan fingerprint density at radius 1 is 1.73 bits per heavy atom. The molecule has 0 aliphatic carbocycles. The summed E-state index contributed by atoms with van der Waals surface area (Å²) in [5.41, 5.74) is -0.996. The van der Waals surface area contributed by atoms with Crippen LogP contribution in [0.15, 0.2) is 0 Å². The van der Waals surface area contributed by atoms with Gasteiger partial charge in [0.1, 0.15) is 5.41 Å². The van der Waals surface area contributed by atoms with Crippen LogP contribution in [0.4, 0.5) is 0 Å². The van der Waals surface area contributed by atoms with Crippen molar-refractivity contribution in [2.75, 3.05) is 0 Å². The van der Waals surface area contributed by atoms with E-state index in [-0.39, 0.29) is 12.5 Å². The number of rotatable bonds is 4. The average molecular weight is 208 g/mol. The molecule has 80 valence electrons. The van der Waals surface area contributed by atoms with Crippen molar-refractivity contribution in [1.29, 1.82) is 5.26 Å². The number of nitriles is 1. The lowest BCUT2D eigenvalue weighted by Crippen LogP contribution is -2.37. The number of hydrogen-bond donors (Lipinski definition) is 2. The smallest absolute Gasteiger partial charge is 0.240 e. The van der Waals surface area contributed by atoms with Gasteiger partial charge in [-0.25, -0.2) is 0 Å². The summed E-state index contributed by atoms with van der Waals surface area (Å²) in [6.07, 6.45) is 0.460. The van der Waals surface area contributed by atoms with E-state index in [1.807, 2.05) is 6.07 Å². The minimum atomic E-state index is -0.996. The van der Waals surface area contributed by atoms with Gasteiger partial charge in [0.2, 0.25) is 5.91 Å². The van der Waals surface area contributed by atoms with Gasteiger partial charge in [0.15, 0.2) is 5.82 Å². The van der Waals surface area contributed by atoms with Crippen LogP contribution < -0.4 is 5.32 Å². The molecule has 1 aromatic heterocycles. The Bertz CT molecular complexity index is 367. The first-order valence-corrected chi connectivity index (χ1v) is 4.54. The highest BCUT2D eigenvalue weighted by atomic mass is 16.2. The predicted octanol–water partition coefficient (Wildman–Crippen LogP) is -0.244. The fourth-order valence-electron chi connectivity index (χ4n) is 0.902. The second kappa shape index (κ2) is 4.50. The second-order valence-electron chi connectivity index (χ2n) is 3.31. The largest absolute Gasteiger partial charge is 0.347 e. The van der Waals surface area contributed by atoms with Crippen LogP contribution in [-0.4, -0.2) is 26.5 Å². The van der Waals surface area contributed by atoms with Crippen LogP contribution >= 0.6 is 0 Å². The van der Waals surface area contributed by atoms with Gasteiger partial charge in [0, 0.05) is 0 Å². The number of aromatic nitrogens is 4. The second-order valence-corrected chi connectivity index (χ2v) is 3.31. The van der Waals surface area contributed by atoms with E-state index in [1.54, 1.807) is 13.8 Å². The van der Waals surface area contributed by atoms with E-state index in [2.05, 4.69) is 25.9 Å². The summed E-state index contributed by atoms with van der Waals surface area (Å²) in [6.45, 7) is 3.56. The molecule has 0 saturated carbocycles. The van der Waals surface area contributed by atoms with Gasteiger partial charge in [-0.1, -0.05) is 12.1 Å². The summed E-state index contributed by atoms with van der Waals surface area (Å²) in [7, 11) is 0. The quantitative estimate of drug-likeness (QED) is 0.709. The zero-order valence-corrected chi connectivity index (χ0v) is 8.61. The van der Waals surface area contributed by atoms with Gasteiger partial charge in [-0.3, -0.25) is 4.79 Å². The molecule has 0 bridgehead atoms. The summed E-state index contributed by atoms with van der Waals surface area (Å²) in [4.78, 5) is 11.6. The number of H-pyrrole nitrogens is 1. The van der Waals surface area contributed by atoms with Crippen LogP contribution in [0.25, 0.3) is 0 Å². The molecule has 1 rings (SSSR count). The molecule has 1 amide bonds. The number of carbonyl (C=O) groups excluding carboxylic acids is 1. The Labute approximate surface area is 86.9 Å². The standard InChI is InChI=1S/C8H12N6O/c1-3-8(2,5-9)7(15)10-4-6-11-13-14-12-6/h3-4H2,1-2H3,(H,10,15)(H,11,12,13,14). The summed E-state index contributed by atoms with van der Waals surface area (Å²) in [6, 6.07) is 1.98. The molecule has 0 aromatic carbocycles. The van der Waals surface area contributed by atoms with Crippen LogP contribution in [0.3, 0.4) is 0 Å². The van der Waals surface area contributed by atoms with Gasteiger partial charge < -0.3 is 5.32 Å². The molecule has 1 heterocycles. The Kier molecular flexibility index (Phi) is 3.33. The fourth-order valence-corrected chi connectivity index (χ4v) is 0.902. The fraction of sp³-hybridized carbons (Fsp3) is 0.625. The molecule has 1 atom stereocenters. The monoisotopic (exact) mass is 208 g/mol. The number of carbonyl (C=O) groups is 1. The topological polar surface area (TPSA) is 107 Å². The molecule has 2 N–H and O–H groups in total. The number of nitrogens with zero attached hydrogens (tertiary/aromatic N) is 4. The van der Waals surface area contributed by atoms with Crippen LogP contribution in [0.2, 0.25) is 0 Å². The van der Waals surface area contributed by atoms with Gasteiger partial charge in [0.05, 0.1) is 12.6 Å². The minimum absolute atomic E-state index is 0.173. The molecule has 0 aliphatic heterocycles. The average Bonchev–Trinajstić information content (AvgIpc) is 2.77. The molecule has 7 nitrogen and oxygen atoms in total. The SMILES string of the molecule is CCC(C)(C#N)C(=O)NCc1nn[nH]n1. The number of aromatic amines is 1. The molecule has 1 unspecified atom stereocenters. The predicted molar refractivity (Wildman–Crippen MR) is 50.0 cm³/mol. The lowest BCUT2D eigenvalue weighted by atomic mass is 9.88. The van der Waals surface area contributed by atoms with E-state index in [0.717, 1.165) is 0 Å². The first-order valence-electron chi connectivity index (χ1n) is 4.54. The highest BCUT2D eigenvalue weighted by Gasteiger charge is 2.30. The number of amides is 1. The molecule has 7 heteroatoms. The summed E-state index contributed by atoms with van der Waals surface area (Å²) < 4.78 is 0. The van der Waals surface area contributed by atoms with Crippen molar-refractivity contribution < 1.29 is 4.79 Å². The maximum atomic E-state index is 11.6. The molecule has 0 radical (unpaired) electrons. The van der Waals surface area contributed by atoms with Crippen molar-refractivity contribution in [1.82, 2.24) is 25.9 Å². The number of nitrogens with one attached hydrogen (secondary N) is 2. The van der Waals surface area contributed by atoms with Crippen molar-refractivity contribution in [3.63, 3.8) is 0 Å². The van der Waals surface area contributed by atoms with Crippen molar-refractivity contribution in [2.24, 2.45) is 5.41 Å².